The van der Waals surface area contributed by atoms with Gasteiger partial charge in [-0.2, -0.15) is 0 Å². The van der Waals surface area contributed by atoms with Crippen LogP contribution in [-0.2, 0) is 0 Å². The maximum atomic E-state index is 5.03. The second-order valence-electron chi connectivity index (χ2n) is 1.80. The predicted octanol–water partition coefficient (Wildman–Crippen LogP) is 1.11. The van der Waals surface area contributed by atoms with Gasteiger partial charge in [0.15, 0.2) is 0 Å². The molecule has 0 nitrogen and oxygen atoms in total. The molecule has 0 aromatic carbocycles. The van der Waals surface area contributed by atoms with E-state index in [0.717, 1.165) is 4.44 Å². The van der Waals surface area contributed by atoms with Gasteiger partial charge in [0.05, 0.1) is 0 Å². The number of terminal acetylenes is 1. The fourth-order valence-electron chi connectivity index (χ4n) is 0.236. The molecule has 0 unspecified atom stereocenters. The van der Waals surface area contributed by atoms with Crippen molar-refractivity contribution in [3.63, 3.8) is 0 Å². The molecular weight excluding hydrogens is 179 g/mol. The minimum absolute atomic E-state index is 0.954. The Morgan fingerprint density at radius 2 is 2.17 bits per heavy atom. The minimum atomic E-state index is -0.954. The molecule has 0 bridgehead atoms. The first-order chi connectivity index (χ1) is 2.77. The molecule has 0 spiro atoms. The Bertz CT molecular complexity index is 58.8. The molecule has 0 aliphatic carbocycles. The van der Waals surface area contributed by atoms with Crippen LogP contribution in [0.3, 0.4) is 0 Å². The number of hydrogen-bond donors (Lipinski definition) is 0. The summed E-state index contributed by atoms with van der Waals surface area (Å²) >= 11 is -0.954. The second-order valence-corrected chi connectivity index (χ2v) is 10.9. The van der Waals surface area contributed by atoms with Crippen LogP contribution in [0, 0.1) is 12.3 Å². The molecule has 0 saturated carbocycles. The van der Waals surface area contributed by atoms with E-state index in [-0.39, 0.29) is 0 Å². The Labute approximate surface area is 46.7 Å². The summed E-state index contributed by atoms with van der Waals surface area (Å²) in [6.07, 6.45) is 5.03. The summed E-state index contributed by atoms with van der Waals surface area (Å²) in [5, 5.41) is 0. The third-order valence-electron chi connectivity index (χ3n) is 0.526. The average Bonchev–Trinajstić information content (AvgIpc) is 1.35. The van der Waals surface area contributed by atoms with Crippen LogP contribution in [-0.4, -0.2) is 19.8 Å². The number of rotatable bonds is 1. The molecule has 0 aromatic heterocycles. The predicted molar refractivity (Wildman–Crippen MR) is 32.5 cm³/mol. The summed E-state index contributed by atoms with van der Waals surface area (Å²) in [7, 11) is 0. The maximum absolute atomic E-state index is 5.03. The summed E-state index contributed by atoms with van der Waals surface area (Å²) in [5.41, 5.74) is 0. The van der Waals surface area contributed by atoms with Gasteiger partial charge in [-0.3, -0.25) is 0 Å². The monoisotopic (exact) mass is 190 g/mol. The topological polar surface area (TPSA) is 0 Å². The zero-order valence-corrected chi connectivity index (χ0v) is 7.66. The Morgan fingerprint density at radius 1 is 1.67 bits per heavy atom. The molecule has 0 aliphatic rings. The summed E-state index contributed by atoms with van der Waals surface area (Å²) in [5.74, 6) is 2.66. The average molecular weight is 189 g/mol. The Kier molecular flexibility index (Phi) is 3.76. The van der Waals surface area contributed by atoms with Crippen LogP contribution in [0.5, 0.6) is 0 Å². The third kappa shape index (κ3) is 4.36. The van der Waals surface area contributed by atoms with E-state index in [1.54, 1.807) is 0 Å². The van der Waals surface area contributed by atoms with Crippen molar-refractivity contribution in [1.82, 2.24) is 0 Å². The molecule has 0 rings (SSSR count). The molecule has 0 atom stereocenters. The molecule has 0 N–H and O–H groups in total. The standard InChI is InChI=1S/C3H3.2CH3.Sn.H/c1-3-2;;;;/h1H,2H2;2*1H3;;. The molecule has 0 amide bonds. The van der Waals surface area contributed by atoms with Crippen molar-refractivity contribution in [3.8, 4) is 12.3 Å². The molecule has 0 heterocycles. The van der Waals surface area contributed by atoms with Crippen LogP contribution in [0.2, 0.25) is 14.3 Å². The zero-order valence-electron chi connectivity index (χ0n) is 4.36. The van der Waals surface area contributed by atoms with E-state index in [2.05, 4.69) is 15.8 Å². The molecule has 0 radical (unpaired) electrons. The van der Waals surface area contributed by atoms with E-state index in [0.29, 0.717) is 0 Å². The van der Waals surface area contributed by atoms with Gasteiger partial charge in [0.2, 0.25) is 0 Å². The normalized spacial score (nSPS) is 8.33. The van der Waals surface area contributed by atoms with Crippen molar-refractivity contribution in [3.05, 3.63) is 0 Å². The van der Waals surface area contributed by atoms with Gasteiger partial charge in [-0.1, -0.05) is 0 Å². The van der Waals surface area contributed by atoms with Gasteiger partial charge in [-0.15, -0.1) is 0 Å². The molecular formula is C5H10Sn. The van der Waals surface area contributed by atoms with Crippen LogP contribution >= 0.6 is 0 Å². The van der Waals surface area contributed by atoms with Gasteiger partial charge in [-0.05, 0) is 0 Å². The fraction of sp³-hybridized carbons (Fsp3) is 0.600. The Morgan fingerprint density at radius 3 is 2.17 bits per heavy atom. The SMILES string of the molecule is C#C[CH2][SnH]([CH3])[CH3]. The van der Waals surface area contributed by atoms with Crippen molar-refractivity contribution >= 4 is 19.8 Å². The molecule has 0 aromatic rings. The van der Waals surface area contributed by atoms with Gasteiger partial charge >= 0.3 is 46.4 Å². The Balaban J connectivity index is 2.88. The van der Waals surface area contributed by atoms with E-state index < -0.39 is 19.8 Å². The van der Waals surface area contributed by atoms with Crippen molar-refractivity contribution in [2.45, 2.75) is 14.3 Å². The molecule has 6 heavy (non-hydrogen) atoms. The molecule has 0 saturated heterocycles. The van der Waals surface area contributed by atoms with Crippen molar-refractivity contribution in [2.75, 3.05) is 0 Å². The number of hydrogen-bond acceptors (Lipinski definition) is 0. The van der Waals surface area contributed by atoms with Gasteiger partial charge in [0, 0.05) is 0 Å². The first kappa shape index (κ1) is 6.36. The summed E-state index contributed by atoms with van der Waals surface area (Å²) in [6.45, 7) is 0. The Hall–Kier alpha value is 0.359. The second kappa shape index (κ2) is 3.55. The zero-order chi connectivity index (χ0) is 4.99. The first-order valence-electron chi connectivity index (χ1n) is 2.21. The molecule has 34 valence electrons. The van der Waals surface area contributed by atoms with Crippen LogP contribution in [0.25, 0.3) is 0 Å². The van der Waals surface area contributed by atoms with Crippen LogP contribution < -0.4 is 0 Å². The summed E-state index contributed by atoms with van der Waals surface area (Å²) in [4.78, 5) is 4.64. The quantitative estimate of drug-likeness (QED) is 0.428. The first-order valence-corrected chi connectivity index (χ1v) is 11.1. The van der Waals surface area contributed by atoms with Gasteiger partial charge in [-0.25, -0.2) is 0 Å². The van der Waals surface area contributed by atoms with Crippen molar-refractivity contribution < 1.29 is 0 Å². The van der Waals surface area contributed by atoms with E-state index >= 15 is 0 Å². The van der Waals surface area contributed by atoms with E-state index in [9.17, 15) is 0 Å². The summed E-state index contributed by atoms with van der Waals surface area (Å²) < 4.78 is 1.11. The van der Waals surface area contributed by atoms with Crippen molar-refractivity contribution in [1.29, 1.82) is 0 Å². The van der Waals surface area contributed by atoms with Gasteiger partial charge in [0.25, 0.3) is 0 Å². The van der Waals surface area contributed by atoms with E-state index in [1.807, 2.05) is 0 Å². The van der Waals surface area contributed by atoms with E-state index in [4.69, 9.17) is 6.42 Å². The molecule has 1 heteroatoms. The van der Waals surface area contributed by atoms with Crippen LogP contribution in [0.15, 0.2) is 0 Å². The molecule has 0 aliphatic heterocycles. The van der Waals surface area contributed by atoms with E-state index in [1.165, 1.54) is 0 Å². The third-order valence-corrected chi connectivity index (χ3v) is 3.53. The van der Waals surface area contributed by atoms with Crippen LogP contribution in [0.4, 0.5) is 0 Å². The summed E-state index contributed by atoms with van der Waals surface area (Å²) in [6, 6.07) is 0. The van der Waals surface area contributed by atoms with Gasteiger partial charge in [0.1, 0.15) is 0 Å². The fourth-order valence-corrected chi connectivity index (χ4v) is 1.58. The van der Waals surface area contributed by atoms with Crippen LogP contribution in [0.1, 0.15) is 0 Å². The van der Waals surface area contributed by atoms with Gasteiger partial charge < -0.3 is 0 Å². The van der Waals surface area contributed by atoms with Crippen molar-refractivity contribution in [2.24, 2.45) is 0 Å². The molecule has 0 fully saturated rings.